The van der Waals surface area contributed by atoms with Crippen molar-refractivity contribution in [1.82, 2.24) is 0 Å². The first kappa shape index (κ1) is 17.4. The molecule has 0 heterocycles. The molecule has 0 saturated carbocycles. The third-order valence-electron chi connectivity index (χ3n) is 3.04. The summed E-state index contributed by atoms with van der Waals surface area (Å²) in [4.78, 5) is 11.5. The van der Waals surface area contributed by atoms with E-state index in [1.165, 1.54) is 0 Å². The summed E-state index contributed by atoms with van der Waals surface area (Å²) in [5, 5.41) is 0. The molecular weight excluding hydrogens is 230 g/mol. The van der Waals surface area contributed by atoms with Crippen LogP contribution in [0.2, 0.25) is 0 Å². The van der Waals surface area contributed by atoms with Crippen LogP contribution in [-0.4, -0.2) is 32.3 Å². The molecule has 0 aromatic carbocycles. The van der Waals surface area contributed by atoms with Gasteiger partial charge in [-0.25, -0.2) is 0 Å². The molecule has 1 unspecified atom stereocenters. The van der Waals surface area contributed by atoms with Crippen molar-refractivity contribution in [2.45, 2.75) is 46.5 Å². The molecule has 0 saturated heterocycles. The minimum absolute atomic E-state index is 0.127. The standard InChI is InChI=1S/C14H29NO3/c1-4-9-17-10-11-18-14(16)6-5-13(7-8-15)12(2)3/h12-13H,4-11,15H2,1-3H3. The lowest BCUT2D eigenvalue weighted by atomic mass is 9.88. The molecule has 0 bridgehead atoms. The van der Waals surface area contributed by atoms with Crippen molar-refractivity contribution in [3.63, 3.8) is 0 Å². The van der Waals surface area contributed by atoms with E-state index in [0.717, 1.165) is 25.9 Å². The maximum atomic E-state index is 11.5. The number of hydrogen-bond acceptors (Lipinski definition) is 4. The van der Waals surface area contributed by atoms with Crippen molar-refractivity contribution < 1.29 is 14.3 Å². The molecule has 0 aromatic heterocycles. The second-order valence-electron chi connectivity index (χ2n) is 4.95. The van der Waals surface area contributed by atoms with Crippen LogP contribution >= 0.6 is 0 Å². The lowest BCUT2D eigenvalue weighted by molar-refractivity contribution is -0.145. The molecule has 0 radical (unpaired) electrons. The fourth-order valence-electron chi connectivity index (χ4n) is 1.86. The van der Waals surface area contributed by atoms with E-state index in [1.807, 2.05) is 0 Å². The Labute approximate surface area is 111 Å². The molecule has 0 spiro atoms. The van der Waals surface area contributed by atoms with Gasteiger partial charge in [0.2, 0.25) is 0 Å². The van der Waals surface area contributed by atoms with Gasteiger partial charge in [-0.3, -0.25) is 4.79 Å². The maximum absolute atomic E-state index is 11.5. The number of carbonyl (C=O) groups excluding carboxylic acids is 1. The average Bonchev–Trinajstić information content (AvgIpc) is 2.33. The summed E-state index contributed by atoms with van der Waals surface area (Å²) in [5.74, 6) is 0.950. The summed E-state index contributed by atoms with van der Waals surface area (Å²) in [7, 11) is 0. The first-order chi connectivity index (χ1) is 8.61. The Morgan fingerprint density at radius 3 is 2.44 bits per heavy atom. The summed E-state index contributed by atoms with van der Waals surface area (Å²) in [6.07, 6.45) is 3.31. The van der Waals surface area contributed by atoms with Crippen LogP contribution in [0.4, 0.5) is 0 Å². The van der Waals surface area contributed by atoms with Gasteiger partial charge in [-0.05, 0) is 37.6 Å². The van der Waals surface area contributed by atoms with Crippen LogP contribution < -0.4 is 5.73 Å². The van der Waals surface area contributed by atoms with E-state index in [2.05, 4.69) is 20.8 Å². The summed E-state index contributed by atoms with van der Waals surface area (Å²) in [6.45, 7) is 8.66. The van der Waals surface area contributed by atoms with E-state index in [0.29, 0.717) is 38.0 Å². The highest BCUT2D eigenvalue weighted by Crippen LogP contribution is 2.20. The summed E-state index contributed by atoms with van der Waals surface area (Å²) in [6, 6.07) is 0. The second-order valence-corrected chi connectivity index (χ2v) is 4.95. The lowest BCUT2D eigenvalue weighted by Crippen LogP contribution is -2.17. The molecule has 0 amide bonds. The molecule has 2 N–H and O–H groups in total. The zero-order chi connectivity index (χ0) is 13.8. The summed E-state index contributed by atoms with van der Waals surface area (Å²) < 4.78 is 10.3. The number of nitrogens with two attached hydrogens (primary N) is 1. The van der Waals surface area contributed by atoms with Gasteiger partial charge in [-0.2, -0.15) is 0 Å². The third kappa shape index (κ3) is 9.42. The first-order valence-electron chi connectivity index (χ1n) is 7.05. The number of rotatable bonds is 11. The summed E-state index contributed by atoms with van der Waals surface area (Å²) >= 11 is 0. The van der Waals surface area contributed by atoms with Gasteiger partial charge in [0, 0.05) is 13.0 Å². The Hall–Kier alpha value is -0.610. The van der Waals surface area contributed by atoms with Crippen molar-refractivity contribution in [3.05, 3.63) is 0 Å². The molecule has 0 aromatic rings. The van der Waals surface area contributed by atoms with E-state index in [9.17, 15) is 4.79 Å². The van der Waals surface area contributed by atoms with E-state index in [4.69, 9.17) is 15.2 Å². The fraction of sp³-hybridized carbons (Fsp3) is 0.929. The topological polar surface area (TPSA) is 61.5 Å². The molecule has 4 heteroatoms. The van der Waals surface area contributed by atoms with Gasteiger partial charge in [0.05, 0.1) is 6.61 Å². The predicted octanol–water partition coefficient (Wildman–Crippen LogP) is 2.36. The van der Waals surface area contributed by atoms with Crippen molar-refractivity contribution >= 4 is 5.97 Å². The number of hydrogen-bond donors (Lipinski definition) is 1. The van der Waals surface area contributed by atoms with Gasteiger partial charge < -0.3 is 15.2 Å². The molecule has 0 rings (SSSR count). The highest BCUT2D eigenvalue weighted by molar-refractivity contribution is 5.69. The van der Waals surface area contributed by atoms with Gasteiger partial charge in [0.1, 0.15) is 6.61 Å². The van der Waals surface area contributed by atoms with Crippen molar-refractivity contribution in [2.24, 2.45) is 17.6 Å². The van der Waals surface area contributed by atoms with Crippen LogP contribution in [0.1, 0.15) is 46.5 Å². The Kier molecular flexibility index (Phi) is 11.1. The molecule has 0 aliphatic carbocycles. The van der Waals surface area contributed by atoms with Gasteiger partial charge in [-0.1, -0.05) is 20.8 Å². The van der Waals surface area contributed by atoms with Crippen molar-refractivity contribution in [1.29, 1.82) is 0 Å². The van der Waals surface area contributed by atoms with E-state index < -0.39 is 0 Å². The lowest BCUT2D eigenvalue weighted by Gasteiger charge is -2.19. The quantitative estimate of drug-likeness (QED) is 0.457. The molecule has 0 fully saturated rings. The van der Waals surface area contributed by atoms with Crippen LogP contribution in [0.5, 0.6) is 0 Å². The minimum Gasteiger partial charge on any atom is -0.463 e. The molecule has 4 nitrogen and oxygen atoms in total. The molecule has 0 aliphatic rings. The smallest absolute Gasteiger partial charge is 0.305 e. The first-order valence-corrected chi connectivity index (χ1v) is 7.05. The molecule has 0 aliphatic heterocycles. The average molecular weight is 259 g/mol. The van der Waals surface area contributed by atoms with Crippen molar-refractivity contribution in [2.75, 3.05) is 26.4 Å². The highest BCUT2D eigenvalue weighted by atomic mass is 16.6. The van der Waals surface area contributed by atoms with Gasteiger partial charge in [0.25, 0.3) is 0 Å². The van der Waals surface area contributed by atoms with Gasteiger partial charge >= 0.3 is 5.97 Å². The molecular formula is C14H29NO3. The Balaban J connectivity index is 3.61. The molecule has 108 valence electrons. The summed E-state index contributed by atoms with van der Waals surface area (Å²) in [5.41, 5.74) is 5.57. The number of esters is 1. The zero-order valence-electron chi connectivity index (χ0n) is 12.1. The number of ether oxygens (including phenoxy) is 2. The van der Waals surface area contributed by atoms with Crippen LogP contribution in [0, 0.1) is 11.8 Å². The van der Waals surface area contributed by atoms with Crippen LogP contribution in [-0.2, 0) is 14.3 Å². The molecule has 18 heavy (non-hydrogen) atoms. The second kappa shape index (κ2) is 11.5. The minimum atomic E-state index is -0.127. The van der Waals surface area contributed by atoms with Gasteiger partial charge in [-0.15, -0.1) is 0 Å². The van der Waals surface area contributed by atoms with Gasteiger partial charge in [0.15, 0.2) is 0 Å². The van der Waals surface area contributed by atoms with E-state index >= 15 is 0 Å². The molecule has 1 atom stereocenters. The van der Waals surface area contributed by atoms with E-state index in [1.54, 1.807) is 0 Å². The predicted molar refractivity (Wildman–Crippen MR) is 73.3 cm³/mol. The Morgan fingerprint density at radius 1 is 1.17 bits per heavy atom. The van der Waals surface area contributed by atoms with Crippen LogP contribution in [0.3, 0.4) is 0 Å². The number of carbonyl (C=O) groups is 1. The Bertz CT molecular complexity index is 207. The normalized spacial score (nSPS) is 12.7. The third-order valence-corrected chi connectivity index (χ3v) is 3.04. The maximum Gasteiger partial charge on any atom is 0.305 e. The largest absolute Gasteiger partial charge is 0.463 e. The van der Waals surface area contributed by atoms with E-state index in [-0.39, 0.29) is 5.97 Å². The monoisotopic (exact) mass is 259 g/mol. The van der Waals surface area contributed by atoms with Crippen molar-refractivity contribution in [3.8, 4) is 0 Å². The zero-order valence-corrected chi connectivity index (χ0v) is 12.1. The fourth-order valence-corrected chi connectivity index (χ4v) is 1.86. The SMILES string of the molecule is CCCOCCOC(=O)CCC(CCN)C(C)C. The highest BCUT2D eigenvalue weighted by Gasteiger charge is 2.14. The Morgan fingerprint density at radius 2 is 1.89 bits per heavy atom. The van der Waals surface area contributed by atoms with Crippen LogP contribution in [0.25, 0.3) is 0 Å². The van der Waals surface area contributed by atoms with Crippen LogP contribution in [0.15, 0.2) is 0 Å².